The minimum absolute atomic E-state index is 0.0570. The van der Waals surface area contributed by atoms with E-state index in [0.29, 0.717) is 6.54 Å². The molecule has 7 heteroatoms. The number of nitriles is 1. The molecule has 0 amide bonds. The van der Waals surface area contributed by atoms with Gasteiger partial charge in [0.05, 0.1) is 6.07 Å². The van der Waals surface area contributed by atoms with Crippen LogP contribution in [0.4, 0.5) is 5.69 Å². The van der Waals surface area contributed by atoms with Crippen molar-refractivity contribution in [3.8, 4) is 6.07 Å². The molecule has 0 aromatic heterocycles. The molecule has 2 rings (SSSR count). The maximum Gasteiger partial charge on any atom is 0.281 e. The largest absolute Gasteiger partial charge is 0.370 e. The van der Waals surface area contributed by atoms with Crippen LogP contribution in [-0.2, 0) is 10.2 Å². The van der Waals surface area contributed by atoms with Crippen LogP contribution in [0.25, 0.3) is 0 Å². The predicted molar refractivity (Wildman–Crippen MR) is 91.2 cm³/mol. The van der Waals surface area contributed by atoms with Gasteiger partial charge in [-0.2, -0.15) is 22.3 Å². The molecule has 0 spiro atoms. The highest BCUT2D eigenvalue weighted by molar-refractivity contribution is 7.86. The Labute approximate surface area is 139 Å². The molecule has 1 heterocycles. The molecule has 0 saturated carbocycles. The molecule has 1 saturated heterocycles. The first-order valence-electron chi connectivity index (χ1n) is 7.83. The first kappa shape index (κ1) is 17.7. The van der Waals surface area contributed by atoms with Gasteiger partial charge in [-0.25, -0.2) is 0 Å². The lowest BCUT2D eigenvalue weighted by Gasteiger charge is -2.39. The summed E-state index contributed by atoms with van der Waals surface area (Å²) in [4.78, 5) is 2.23. The van der Waals surface area contributed by atoms with Gasteiger partial charge in [-0.05, 0) is 25.0 Å². The van der Waals surface area contributed by atoms with E-state index in [1.54, 1.807) is 7.05 Å². The van der Waals surface area contributed by atoms with E-state index in [4.69, 9.17) is 5.26 Å². The normalized spacial score (nSPS) is 19.1. The standard InChI is InChI=1S/C16H24N4O2S/c1-18(12-7-11-17)23(21,22)19(2)16-10-6-13-20(14-16)15-8-4-3-5-9-15/h3-5,8-9,16H,6-7,10,12-14H2,1-2H3/t16-/m0/s1. The van der Waals surface area contributed by atoms with Gasteiger partial charge in [-0.3, -0.25) is 0 Å². The Morgan fingerprint density at radius 1 is 1.30 bits per heavy atom. The van der Waals surface area contributed by atoms with Crippen molar-refractivity contribution in [3.05, 3.63) is 30.3 Å². The second kappa shape index (κ2) is 7.77. The summed E-state index contributed by atoms with van der Waals surface area (Å²) in [5.74, 6) is 0. The van der Waals surface area contributed by atoms with E-state index < -0.39 is 10.2 Å². The molecule has 0 radical (unpaired) electrons. The minimum Gasteiger partial charge on any atom is -0.370 e. The molecule has 1 fully saturated rings. The van der Waals surface area contributed by atoms with E-state index in [1.807, 2.05) is 24.3 Å². The Kier molecular flexibility index (Phi) is 5.99. The zero-order chi connectivity index (χ0) is 16.9. The van der Waals surface area contributed by atoms with Crippen LogP contribution in [0.5, 0.6) is 0 Å². The number of hydrogen-bond donors (Lipinski definition) is 0. The van der Waals surface area contributed by atoms with Gasteiger partial charge in [0, 0.05) is 51.9 Å². The van der Waals surface area contributed by atoms with Crippen molar-refractivity contribution < 1.29 is 8.42 Å². The van der Waals surface area contributed by atoms with Gasteiger partial charge in [0.2, 0.25) is 0 Å². The Morgan fingerprint density at radius 2 is 2.00 bits per heavy atom. The van der Waals surface area contributed by atoms with Gasteiger partial charge in [0.25, 0.3) is 10.2 Å². The summed E-state index contributed by atoms with van der Waals surface area (Å²) in [6.07, 6.45) is 2.01. The van der Waals surface area contributed by atoms with Crippen molar-refractivity contribution in [1.29, 1.82) is 5.26 Å². The van der Waals surface area contributed by atoms with Crippen LogP contribution in [0.2, 0.25) is 0 Å². The third-order valence-electron chi connectivity index (χ3n) is 4.33. The van der Waals surface area contributed by atoms with Crippen LogP contribution in [0, 0.1) is 11.3 Å². The van der Waals surface area contributed by atoms with Crippen molar-refractivity contribution >= 4 is 15.9 Å². The summed E-state index contributed by atoms with van der Waals surface area (Å²) in [5, 5.41) is 8.64. The Morgan fingerprint density at radius 3 is 2.65 bits per heavy atom. The number of piperidine rings is 1. The van der Waals surface area contributed by atoms with E-state index in [-0.39, 0.29) is 19.0 Å². The van der Waals surface area contributed by atoms with Crippen LogP contribution >= 0.6 is 0 Å². The van der Waals surface area contributed by atoms with Crippen molar-refractivity contribution in [2.24, 2.45) is 0 Å². The lowest BCUT2D eigenvalue weighted by Crippen LogP contribution is -2.52. The smallest absolute Gasteiger partial charge is 0.281 e. The molecule has 0 unspecified atom stereocenters. The highest BCUT2D eigenvalue weighted by Gasteiger charge is 2.32. The first-order chi connectivity index (χ1) is 11.0. The van der Waals surface area contributed by atoms with Crippen molar-refractivity contribution in [3.63, 3.8) is 0 Å². The fourth-order valence-electron chi connectivity index (χ4n) is 2.86. The number of nitrogens with zero attached hydrogens (tertiary/aromatic N) is 4. The van der Waals surface area contributed by atoms with Gasteiger partial charge >= 0.3 is 0 Å². The highest BCUT2D eigenvalue weighted by Crippen LogP contribution is 2.23. The molecule has 1 atom stereocenters. The highest BCUT2D eigenvalue weighted by atomic mass is 32.2. The van der Waals surface area contributed by atoms with E-state index >= 15 is 0 Å². The van der Waals surface area contributed by atoms with E-state index in [9.17, 15) is 8.42 Å². The number of anilines is 1. The molecule has 6 nitrogen and oxygen atoms in total. The molecule has 0 N–H and O–H groups in total. The maximum absolute atomic E-state index is 12.6. The molecule has 0 bridgehead atoms. The first-order valence-corrected chi connectivity index (χ1v) is 9.22. The molecule has 1 aromatic carbocycles. The molecule has 1 aliphatic rings. The molecular weight excluding hydrogens is 312 g/mol. The Bertz CT molecular complexity index is 642. The topological polar surface area (TPSA) is 67.6 Å². The molecular formula is C16H24N4O2S. The summed E-state index contributed by atoms with van der Waals surface area (Å²) < 4.78 is 27.9. The van der Waals surface area contributed by atoms with Crippen molar-refractivity contribution in [2.45, 2.75) is 25.3 Å². The number of benzene rings is 1. The molecule has 1 aromatic rings. The van der Waals surface area contributed by atoms with E-state index in [2.05, 4.69) is 17.0 Å². The van der Waals surface area contributed by atoms with E-state index in [1.165, 1.54) is 15.7 Å². The van der Waals surface area contributed by atoms with E-state index in [0.717, 1.165) is 25.1 Å². The summed E-state index contributed by atoms with van der Waals surface area (Å²) in [7, 11) is -0.363. The van der Waals surface area contributed by atoms with Crippen molar-refractivity contribution in [2.75, 3.05) is 38.6 Å². The summed E-state index contributed by atoms with van der Waals surface area (Å²) >= 11 is 0. The summed E-state index contributed by atoms with van der Waals surface area (Å²) in [5.41, 5.74) is 1.13. The second-order valence-corrected chi connectivity index (χ2v) is 7.93. The van der Waals surface area contributed by atoms with Gasteiger partial charge in [0.1, 0.15) is 0 Å². The zero-order valence-corrected chi connectivity index (χ0v) is 14.5. The summed E-state index contributed by atoms with van der Waals surface area (Å²) in [6, 6.07) is 12.0. The van der Waals surface area contributed by atoms with Crippen LogP contribution in [0.15, 0.2) is 30.3 Å². The van der Waals surface area contributed by atoms with Gasteiger partial charge in [0.15, 0.2) is 0 Å². The third-order valence-corrected chi connectivity index (χ3v) is 6.32. The zero-order valence-electron chi connectivity index (χ0n) is 13.7. The third kappa shape index (κ3) is 4.22. The number of rotatable bonds is 6. The molecule has 23 heavy (non-hydrogen) atoms. The van der Waals surface area contributed by atoms with Gasteiger partial charge < -0.3 is 4.90 Å². The fourth-order valence-corrected chi connectivity index (χ4v) is 4.17. The SMILES string of the molecule is CN(CCC#N)S(=O)(=O)N(C)[C@H]1CCCN(c2ccccc2)C1. The number of hydrogen-bond acceptors (Lipinski definition) is 4. The average Bonchev–Trinajstić information content (AvgIpc) is 2.59. The lowest BCUT2D eigenvalue weighted by atomic mass is 10.1. The second-order valence-electron chi connectivity index (χ2n) is 5.83. The average molecular weight is 336 g/mol. The van der Waals surface area contributed by atoms with Crippen LogP contribution in [0.1, 0.15) is 19.3 Å². The summed E-state index contributed by atoms with van der Waals surface area (Å²) in [6.45, 7) is 1.85. The minimum atomic E-state index is -3.53. The number of likely N-dealkylation sites (N-methyl/N-ethyl adjacent to an activating group) is 1. The quantitative estimate of drug-likeness (QED) is 0.792. The van der Waals surface area contributed by atoms with Crippen molar-refractivity contribution in [1.82, 2.24) is 8.61 Å². The monoisotopic (exact) mass is 336 g/mol. The Hall–Kier alpha value is -1.62. The molecule has 1 aliphatic heterocycles. The van der Waals surface area contributed by atoms with Crippen LogP contribution in [0.3, 0.4) is 0 Å². The molecule has 0 aliphatic carbocycles. The van der Waals surface area contributed by atoms with Gasteiger partial charge in [-0.1, -0.05) is 18.2 Å². The van der Waals surface area contributed by atoms with Crippen LogP contribution in [-0.4, -0.2) is 56.8 Å². The Balaban J connectivity index is 2.07. The molecule has 126 valence electrons. The predicted octanol–water partition coefficient (Wildman–Crippen LogP) is 1.68. The van der Waals surface area contributed by atoms with Gasteiger partial charge in [-0.15, -0.1) is 0 Å². The maximum atomic E-state index is 12.6. The number of para-hydroxylation sites is 1. The fraction of sp³-hybridized carbons (Fsp3) is 0.562. The lowest BCUT2D eigenvalue weighted by molar-refractivity contribution is 0.298. The van der Waals surface area contributed by atoms with Crippen LogP contribution < -0.4 is 4.90 Å².